The number of hydrogen-bond acceptors (Lipinski definition) is 41. The summed E-state index contributed by atoms with van der Waals surface area (Å²) in [6, 6.07) is -5.14. The van der Waals surface area contributed by atoms with Crippen molar-refractivity contribution in [1.29, 1.82) is 0 Å². The maximum atomic E-state index is 13.8. The summed E-state index contributed by atoms with van der Waals surface area (Å²) in [5.74, 6) is -2.33. The molecule has 44 heteroatoms. The van der Waals surface area contributed by atoms with Gasteiger partial charge in [-0.2, -0.15) is 0 Å². The molecular weight excluding hydrogens is 1780 g/mol. The minimum absolute atomic E-state index is 0.138. The zero-order valence-electron chi connectivity index (χ0n) is 78.2. The number of unbranched alkanes of at least 4 members (excludes halogenated alkanes) is 27. The van der Waals surface area contributed by atoms with Crippen LogP contribution in [0, 0.1) is 0 Å². The van der Waals surface area contributed by atoms with Crippen LogP contribution in [0.5, 0.6) is 0 Å². The first kappa shape index (κ1) is 116. The summed E-state index contributed by atoms with van der Waals surface area (Å²) in [7, 11) is 0. The van der Waals surface area contributed by atoms with Gasteiger partial charge < -0.3 is 204 Å². The van der Waals surface area contributed by atoms with Crippen LogP contribution in [0.2, 0.25) is 0 Å². The fourth-order valence-corrected chi connectivity index (χ4v) is 18.3. The van der Waals surface area contributed by atoms with E-state index in [1.165, 1.54) is 129 Å². The average Bonchev–Trinajstić information content (AvgIpc) is 0.752. The Morgan fingerprint density at radius 3 is 0.970 bits per heavy atom. The second kappa shape index (κ2) is 59.6. The average molecular weight is 1940 g/mol. The van der Waals surface area contributed by atoms with E-state index < -0.39 is 316 Å². The maximum absolute atomic E-state index is 13.8. The topological polar surface area (TPSA) is 680 Å². The van der Waals surface area contributed by atoms with Gasteiger partial charge in [0, 0.05) is 20.3 Å². The van der Waals surface area contributed by atoms with Gasteiger partial charge in [0.15, 0.2) is 50.3 Å². The highest BCUT2D eigenvalue weighted by Gasteiger charge is 2.62. The summed E-state index contributed by atoms with van der Waals surface area (Å²) >= 11 is 0. The monoisotopic (exact) mass is 1940 g/mol. The SMILES string of the molecule is CCCCCCCCCCCCC/C=C/[C@@H](O)[C@H](CO[C@@H]1OC(CO)[C@@H](O[C@@H]2OC(CO)[C@H](O)[C@H](O[C@@H]3OC(CO)[C@@H](O[C@H]4OC(C)[C@@H](O)C(O)[C@@H]4O)[C@H](O[C@@H]4OC(CO)[C@H](O)[C@H](O[C@@H]5OC(CO)[C@@H](O[C@@H]6OC(CO)[C@H](O)[C@H](O)C6O)[C@H](O[C@H]6OC(C)[C@@H](O)C(O)[C@@H]6O)C5NC(C)=O)C4O)C3NC(C)=O)C2O)[C@H](O)C1O)NC(=O)CCCCCCCCCCCCCCCCCCC. The second-order valence-electron chi connectivity index (χ2n) is 36.9. The molecule has 8 rings (SSSR count). The van der Waals surface area contributed by atoms with Gasteiger partial charge in [-0.15, -0.1) is 0 Å². The van der Waals surface area contributed by atoms with Gasteiger partial charge in [-0.05, 0) is 33.1 Å². The Morgan fingerprint density at radius 1 is 0.306 bits per heavy atom. The Bertz CT molecular complexity index is 3270. The summed E-state index contributed by atoms with van der Waals surface area (Å²) < 4.78 is 97.8. The minimum Gasteiger partial charge on any atom is -0.394 e. The number of rotatable bonds is 58. The van der Waals surface area contributed by atoms with E-state index in [-0.39, 0.29) is 12.3 Å². The van der Waals surface area contributed by atoms with E-state index in [2.05, 4.69) is 29.8 Å². The Balaban J connectivity index is 1.01. The Morgan fingerprint density at radius 2 is 0.597 bits per heavy atom. The third-order valence-electron chi connectivity index (χ3n) is 26.4. The van der Waals surface area contributed by atoms with Gasteiger partial charge in [-0.25, -0.2) is 0 Å². The van der Waals surface area contributed by atoms with Gasteiger partial charge in [-0.1, -0.05) is 193 Å². The van der Waals surface area contributed by atoms with Crippen molar-refractivity contribution in [2.45, 2.75) is 492 Å². The number of allylic oxidation sites excluding steroid dienone is 1. The molecule has 3 amide bonds. The van der Waals surface area contributed by atoms with E-state index >= 15 is 0 Å². The zero-order chi connectivity index (χ0) is 98.0. The number of aliphatic hydroxyl groups excluding tert-OH is 22. The van der Waals surface area contributed by atoms with Gasteiger partial charge in [0.2, 0.25) is 17.7 Å². The lowest BCUT2D eigenvalue weighted by molar-refractivity contribution is -0.399. The van der Waals surface area contributed by atoms with Crippen molar-refractivity contribution in [1.82, 2.24) is 16.0 Å². The molecule has 134 heavy (non-hydrogen) atoms. The summed E-state index contributed by atoms with van der Waals surface area (Å²) in [6.07, 6.45) is -41.4. The molecule has 8 fully saturated rings. The number of carbonyl (C=O) groups is 3. The van der Waals surface area contributed by atoms with Gasteiger partial charge in [0.25, 0.3) is 0 Å². The van der Waals surface area contributed by atoms with Crippen LogP contribution in [0.3, 0.4) is 0 Å². The van der Waals surface area contributed by atoms with Crippen LogP contribution >= 0.6 is 0 Å². The minimum atomic E-state index is -2.50. The highest BCUT2D eigenvalue weighted by atomic mass is 16.8. The first-order chi connectivity index (χ1) is 64.2. The molecule has 0 aliphatic carbocycles. The number of hydrogen-bond donors (Lipinski definition) is 25. The van der Waals surface area contributed by atoms with Gasteiger partial charge in [0.1, 0.15) is 183 Å². The number of nitrogens with one attached hydrogen (secondary N) is 3. The van der Waals surface area contributed by atoms with E-state index in [0.717, 1.165) is 71.6 Å². The summed E-state index contributed by atoms with van der Waals surface area (Å²) in [5.41, 5.74) is 0. The van der Waals surface area contributed by atoms with E-state index in [1.54, 1.807) is 6.08 Å². The smallest absolute Gasteiger partial charge is 0.220 e. The van der Waals surface area contributed by atoms with E-state index in [9.17, 15) is 127 Å². The quantitative estimate of drug-likeness (QED) is 0.0204. The molecule has 16 unspecified atom stereocenters. The van der Waals surface area contributed by atoms with E-state index in [4.69, 9.17) is 75.8 Å². The molecule has 8 saturated heterocycles. The number of aliphatic hydroxyl groups is 22. The van der Waals surface area contributed by atoms with Crippen molar-refractivity contribution < 1.29 is 203 Å². The van der Waals surface area contributed by atoms with Crippen LogP contribution in [0.25, 0.3) is 0 Å². The molecule has 0 aromatic carbocycles. The van der Waals surface area contributed by atoms with Crippen LogP contribution < -0.4 is 16.0 Å². The molecular formula is C90H161N3O41. The molecule has 0 saturated carbocycles. The molecule has 0 aromatic heterocycles. The largest absolute Gasteiger partial charge is 0.394 e. The fourth-order valence-electron chi connectivity index (χ4n) is 18.3. The lowest BCUT2D eigenvalue weighted by Gasteiger charge is -2.52. The predicted octanol–water partition coefficient (Wildman–Crippen LogP) is -3.94. The van der Waals surface area contributed by atoms with Crippen molar-refractivity contribution in [3.8, 4) is 0 Å². The first-order valence-electron chi connectivity index (χ1n) is 48.7. The van der Waals surface area contributed by atoms with Crippen LogP contribution in [0.1, 0.15) is 234 Å². The molecule has 8 aliphatic rings. The molecule has 782 valence electrons. The standard InChI is InChI=1S/C90H161N3O41/c1-7-9-11-13-15-17-19-21-22-23-24-26-28-30-32-34-36-38-58(103)93-50(51(102)37-35-33-31-29-27-25-20-18-16-14-12-10-8-2)45-119-85-73(116)69(112)76(55(42-97)127-85)128-89-74(117)81(64(107)53(40-95)123-89)133-84-60(92-49(6)101)80(77(56(43-98)125-84)129-86-70(113)66(109)61(104)46(3)120-86)132-90-75(118)82(65(108)54(41-96)124-90)134-83-59(91-48(5)100)79(131-87-71(114)67(110)62(105)47(4)121-87)78(57(44-99)126-83)130-88-72(115)68(111)63(106)52(39-94)122-88/h35,37,46-47,50-57,59-90,94-99,102,104-118H,7-34,36,38-45H2,1-6H3,(H,91,100)(H,92,101)(H,93,103)/b37-35+/t46?,47?,50-,51+,52?,53?,54?,55?,56?,57?,59?,60?,61+,62+,63-,64-,65-,66?,67?,68-,69+,70-,71-,72?,73?,74?,75?,76+,77+,78+,79+,80+,81-,82-,83-,84-,85+,86+,87+,88-,89-,90-/m0/s1. The third kappa shape index (κ3) is 33.1. The molecule has 42 atom stereocenters. The fraction of sp³-hybridized carbons (Fsp3) is 0.944. The Labute approximate surface area is 783 Å². The van der Waals surface area contributed by atoms with Crippen molar-refractivity contribution in [2.75, 3.05) is 46.2 Å². The first-order valence-corrected chi connectivity index (χ1v) is 48.7. The third-order valence-corrected chi connectivity index (χ3v) is 26.4. The van der Waals surface area contributed by atoms with E-state index in [0.29, 0.717) is 12.8 Å². The molecule has 25 N–H and O–H groups in total. The highest BCUT2D eigenvalue weighted by molar-refractivity contribution is 5.76. The van der Waals surface area contributed by atoms with Crippen LogP contribution in [0.4, 0.5) is 0 Å². The summed E-state index contributed by atoms with van der Waals surface area (Å²) in [4.78, 5) is 41.0. The lowest BCUT2D eigenvalue weighted by Crippen LogP contribution is -2.72. The van der Waals surface area contributed by atoms with Crippen LogP contribution in [-0.2, 0) is 90.2 Å². The maximum Gasteiger partial charge on any atom is 0.220 e. The van der Waals surface area contributed by atoms with Crippen molar-refractivity contribution in [3.05, 3.63) is 12.2 Å². The molecule has 44 nitrogen and oxygen atoms in total. The molecule has 0 radical (unpaired) electrons. The van der Waals surface area contributed by atoms with Gasteiger partial charge >= 0.3 is 0 Å². The van der Waals surface area contributed by atoms with Gasteiger partial charge in [-0.3, -0.25) is 14.4 Å². The number of carbonyl (C=O) groups excluding carboxylic acids is 3. The van der Waals surface area contributed by atoms with Crippen molar-refractivity contribution >= 4 is 17.7 Å². The molecule has 0 bridgehead atoms. The highest BCUT2D eigenvalue weighted by Crippen LogP contribution is 2.41. The predicted molar refractivity (Wildman–Crippen MR) is 465 cm³/mol. The molecule has 8 aliphatic heterocycles. The summed E-state index contributed by atoms with van der Waals surface area (Å²) in [6.45, 7) is 1.75. The van der Waals surface area contributed by atoms with Crippen molar-refractivity contribution in [2.24, 2.45) is 0 Å². The second-order valence-corrected chi connectivity index (χ2v) is 36.9. The van der Waals surface area contributed by atoms with Crippen LogP contribution in [-0.4, -0.2) is 434 Å². The molecule has 0 spiro atoms. The molecule has 8 heterocycles. The summed E-state index contributed by atoms with van der Waals surface area (Å²) in [5, 5.41) is 257. The lowest BCUT2D eigenvalue weighted by atomic mass is 9.93. The number of amides is 3. The zero-order valence-corrected chi connectivity index (χ0v) is 78.2. The molecule has 0 aromatic rings. The van der Waals surface area contributed by atoms with Crippen molar-refractivity contribution in [3.63, 3.8) is 0 Å². The van der Waals surface area contributed by atoms with Crippen LogP contribution in [0.15, 0.2) is 12.2 Å². The Kier molecular flexibility index (Phi) is 51.6. The van der Waals surface area contributed by atoms with E-state index in [1.807, 2.05) is 6.08 Å². The normalized spacial score (nSPS) is 40.0. The number of ether oxygens (including phenoxy) is 16. The van der Waals surface area contributed by atoms with Gasteiger partial charge in [0.05, 0.1) is 70.6 Å². The Hall–Kier alpha value is -3.37.